The molecule has 0 aliphatic carbocycles. The van der Waals surface area contributed by atoms with Crippen LogP contribution in [0.15, 0.2) is 78.9 Å². The first-order chi connectivity index (χ1) is 16.2. The van der Waals surface area contributed by atoms with Gasteiger partial charge in [-0.1, -0.05) is 36.4 Å². The molecule has 1 atom stereocenters. The molecule has 2 aliphatic heterocycles. The van der Waals surface area contributed by atoms with Crippen molar-refractivity contribution in [3.63, 3.8) is 0 Å². The van der Waals surface area contributed by atoms with Crippen molar-refractivity contribution in [1.82, 2.24) is 4.90 Å². The largest absolute Gasteiger partial charge is 0.476 e. The molecule has 0 N–H and O–H groups in total. The Morgan fingerprint density at radius 1 is 0.848 bits per heavy atom. The molecule has 7 nitrogen and oxygen atoms in total. The summed E-state index contributed by atoms with van der Waals surface area (Å²) in [7, 11) is 0. The average molecular weight is 444 g/mol. The smallest absolute Gasteiger partial charge is 0.265 e. The van der Waals surface area contributed by atoms with Crippen LogP contribution < -0.4 is 14.4 Å². The summed E-state index contributed by atoms with van der Waals surface area (Å²) < 4.78 is 17.3. The second-order valence-corrected chi connectivity index (χ2v) is 7.87. The average Bonchev–Trinajstić information content (AvgIpc) is 2.88. The lowest BCUT2D eigenvalue weighted by molar-refractivity contribution is -0.142. The number of carbonyl (C=O) groups excluding carboxylic acids is 2. The van der Waals surface area contributed by atoms with Crippen LogP contribution in [0.4, 0.5) is 5.69 Å². The molecule has 7 heteroatoms. The van der Waals surface area contributed by atoms with E-state index in [1.165, 1.54) is 0 Å². The van der Waals surface area contributed by atoms with Gasteiger partial charge in [0.25, 0.3) is 11.8 Å². The number of benzene rings is 3. The molecule has 2 aliphatic rings. The highest BCUT2D eigenvalue weighted by Crippen LogP contribution is 2.35. The fourth-order valence-corrected chi connectivity index (χ4v) is 4.02. The molecule has 33 heavy (non-hydrogen) atoms. The van der Waals surface area contributed by atoms with Crippen LogP contribution in [0.25, 0.3) is 0 Å². The Hall–Kier alpha value is -3.84. The molecule has 0 aromatic heterocycles. The molecular formula is C26H24N2O5. The lowest BCUT2D eigenvalue weighted by Gasteiger charge is -2.37. The fraction of sp³-hybridized carbons (Fsp3) is 0.231. The first-order valence-electron chi connectivity index (χ1n) is 11.0. The topological polar surface area (TPSA) is 68.3 Å². The number of anilines is 1. The quantitative estimate of drug-likeness (QED) is 0.613. The van der Waals surface area contributed by atoms with Gasteiger partial charge in [-0.25, -0.2) is 0 Å². The molecule has 168 valence electrons. The highest BCUT2D eigenvalue weighted by Gasteiger charge is 2.36. The van der Waals surface area contributed by atoms with Crippen molar-refractivity contribution in [1.29, 1.82) is 0 Å². The van der Waals surface area contributed by atoms with Gasteiger partial charge in [-0.05, 0) is 42.5 Å². The minimum Gasteiger partial charge on any atom is -0.476 e. The summed E-state index contributed by atoms with van der Waals surface area (Å²) in [5, 5.41) is 0. The van der Waals surface area contributed by atoms with Crippen LogP contribution in [-0.2, 0) is 9.53 Å². The number of amides is 2. The molecular weight excluding hydrogens is 420 g/mol. The number of rotatable bonds is 4. The molecule has 5 rings (SSSR count). The van der Waals surface area contributed by atoms with E-state index in [1.807, 2.05) is 54.6 Å². The van der Waals surface area contributed by atoms with Crippen LogP contribution in [0.5, 0.6) is 17.2 Å². The predicted octanol–water partition coefficient (Wildman–Crippen LogP) is 3.75. The second kappa shape index (κ2) is 9.34. The van der Waals surface area contributed by atoms with Gasteiger partial charge in [-0.2, -0.15) is 0 Å². The normalized spacial score (nSPS) is 17.6. The van der Waals surface area contributed by atoms with Gasteiger partial charge in [0, 0.05) is 18.7 Å². The van der Waals surface area contributed by atoms with Crippen molar-refractivity contribution in [2.75, 3.05) is 37.7 Å². The number of ether oxygens (including phenoxy) is 3. The van der Waals surface area contributed by atoms with Crippen LogP contribution in [0, 0.1) is 0 Å². The highest BCUT2D eigenvalue weighted by molar-refractivity contribution is 6.08. The van der Waals surface area contributed by atoms with Crippen molar-refractivity contribution in [2.24, 2.45) is 0 Å². The maximum atomic E-state index is 13.6. The van der Waals surface area contributed by atoms with Gasteiger partial charge in [-0.15, -0.1) is 0 Å². The Labute approximate surface area is 192 Å². The lowest BCUT2D eigenvalue weighted by Crippen LogP contribution is -2.54. The monoisotopic (exact) mass is 444 g/mol. The molecule has 3 aromatic rings. The first-order valence-corrected chi connectivity index (χ1v) is 11.0. The summed E-state index contributed by atoms with van der Waals surface area (Å²) >= 11 is 0. The van der Waals surface area contributed by atoms with Crippen molar-refractivity contribution in [3.8, 4) is 17.2 Å². The number of fused-ring (bicyclic) bond motifs is 1. The summed E-state index contributed by atoms with van der Waals surface area (Å²) in [6.07, 6.45) is -0.772. The molecule has 1 saturated heterocycles. The van der Waals surface area contributed by atoms with Crippen molar-refractivity contribution in [3.05, 3.63) is 84.4 Å². The van der Waals surface area contributed by atoms with Gasteiger partial charge in [0.2, 0.25) is 0 Å². The van der Waals surface area contributed by atoms with Gasteiger partial charge in [0.05, 0.1) is 25.4 Å². The van der Waals surface area contributed by atoms with Crippen molar-refractivity contribution in [2.45, 2.75) is 6.10 Å². The fourth-order valence-electron chi connectivity index (χ4n) is 4.02. The third-order valence-corrected chi connectivity index (χ3v) is 5.68. The summed E-state index contributed by atoms with van der Waals surface area (Å²) in [5.41, 5.74) is 1.11. The maximum Gasteiger partial charge on any atom is 0.265 e. The van der Waals surface area contributed by atoms with E-state index in [4.69, 9.17) is 14.2 Å². The minimum atomic E-state index is -0.772. The molecule has 3 aromatic carbocycles. The molecule has 0 radical (unpaired) electrons. The van der Waals surface area contributed by atoms with E-state index in [9.17, 15) is 9.59 Å². The SMILES string of the molecule is O=C([C@H]1CN(C(=O)c2cccc(Oc3ccccc3)c2)c2ccccc2O1)N1CCOCC1. The second-order valence-electron chi connectivity index (χ2n) is 7.87. The zero-order valence-electron chi connectivity index (χ0n) is 18.1. The molecule has 0 saturated carbocycles. The summed E-state index contributed by atoms with van der Waals surface area (Å²) in [6.45, 7) is 2.19. The van der Waals surface area contributed by atoms with E-state index in [0.29, 0.717) is 54.8 Å². The summed E-state index contributed by atoms with van der Waals surface area (Å²) in [6, 6.07) is 23.7. The number of para-hydroxylation sites is 3. The van der Waals surface area contributed by atoms with Gasteiger partial charge >= 0.3 is 0 Å². The number of morpholine rings is 1. The third-order valence-electron chi connectivity index (χ3n) is 5.68. The number of hydrogen-bond acceptors (Lipinski definition) is 5. The van der Waals surface area contributed by atoms with Gasteiger partial charge < -0.3 is 24.0 Å². The van der Waals surface area contributed by atoms with E-state index >= 15 is 0 Å². The van der Waals surface area contributed by atoms with Gasteiger partial charge in [0.15, 0.2) is 6.10 Å². The zero-order valence-corrected chi connectivity index (χ0v) is 18.1. The Bertz CT molecular complexity index is 1140. The lowest BCUT2D eigenvalue weighted by atomic mass is 10.1. The minimum absolute atomic E-state index is 0.133. The van der Waals surface area contributed by atoms with Crippen LogP contribution in [0.1, 0.15) is 10.4 Å². The van der Waals surface area contributed by atoms with Crippen LogP contribution >= 0.6 is 0 Å². The van der Waals surface area contributed by atoms with Crippen LogP contribution in [0.2, 0.25) is 0 Å². The maximum absolute atomic E-state index is 13.6. The molecule has 0 bridgehead atoms. The van der Waals surface area contributed by atoms with Gasteiger partial charge in [0.1, 0.15) is 17.2 Å². The Morgan fingerprint density at radius 2 is 1.58 bits per heavy atom. The predicted molar refractivity (Wildman–Crippen MR) is 123 cm³/mol. The molecule has 2 heterocycles. The summed E-state index contributed by atoms with van der Waals surface area (Å²) in [5.74, 6) is 1.42. The van der Waals surface area contributed by atoms with Crippen molar-refractivity contribution >= 4 is 17.5 Å². The van der Waals surface area contributed by atoms with E-state index < -0.39 is 6.10 Å². The number of nitrogens with zero attached hydrogens (tertiary/aromatic N) is 2. The Kier molecular flexibility index (Phi) is 5.95. The van der Waals surface area contributed by atoms with Crippen LogP contribution in [-0.4, -0.2) is 55.7 Å². The molecule has 1 fully saturated rings. The van der Waals surface area contributed by atoms with E-state index in [1.54, 1.807) is 34.1 Å². The van der Waals surface area contributed by atoms with Crippen LogP contribution in [0.3, 0.4) is 0 Å². The number of hydrogen-bond donors (Lipinski definition) is 0. The highest BCUT2D eigenvalue weighted by atomic mass is 16.5. The third kappa shape index (κ3) is 4.54. The van der Waals surface area contributed by atoms with E-state index in [-0.39, 0.29) is 18.4 Å². The van der Waals surface area contributed by atoms with E-state index in [0.717, 1.165) is 0 Å². The standard InChI is InChI=1S/C26H24N2O5/c29-25(19-7-6-10-21(17-19)32-20-8-2-1-3-9-20)28-18-24(26(30)27-13-15-31-16-14-27)33-23-12-5-4-11-22(23)28/h1-12,17,24H,13-16,18H2/t24-/m1/s1. The molecule has 0 spiro atoms. The Morgan fingerprint density at radius 3 is 2.39 bits per heavy atom. The van der Waals surface area contributed by atoms with Crippen molar-refractivity contribution < 1.29 is 23.8 Å². The van der Waals surface area contributed by atoms with Gasteiger partial charge in [-0.3, -0.25) is 9.59 Å². The zero-order chi connectivity index (χ0) is 22.6. The number of carbonyl (C=O) groups is 2. The van der Waals surface area contributed by atoms with E-state index in [2.05, 4.69) is 0 Å². The molecule has 0 unspecified atom stereocenters. The first kappa shape index (κ1) is 21.0. The Balaban J connectivity index is 1.40. The molecule has 2 amide bonds. The summed E-state index contributed by atoms with van der Waals surface area (Å²) in [4.78, 5) is 30.0.